The quantitative estimate of drug-likeness (QED) is 0.780. The first kappa shape index (κ1) is 18.8. The first-order valence-corrected chi connectivity index (χ1v) is 10.2. The number of nitrogens with zero attached hydrogens (tertiary/aromatic N) is 2. The number of amides is 3. The molecular weight excluding hydrogens is 358 g/mol. The van der Waals surface area contributed by atoms with Crippen molar-refractivity contribution in [2.24, 2.45) is 5.92 Å². The van der Waals surface area contributed by atoms with Crippen LogP contribution in [0.4, 0.5) is 10.5 Å². The van der Waals surface area contributed by atoms with Crippen LogP contribution in [-0.4, -0.2) is 54.1 Å². The van der Waals surface area contributed by atoms with Crippen molar-refractivity contribution in [2.75, 3.05) is 31.1 Å². The second-order valence-corrected chi connectivity index (χ2v) is 8.15. The molecule has 0 radical (unpaired) electrons. The summed E-state index contributed by atoms with van der Waals surface area (Å²) >= 11 is 0. The zero-order valence-electron chi connectivity index (χ0n) is 16.0. The fourth-order valence-electron chi connectivity index (χ4n) is 4.73. The van der Waals surface area contributed by atoms with E-state index in [4.69, 9.17) is 5.11 Å². The highest BCUT2D eigenvalue weighted by Gasteiger charge is 2.30. The summed E-state index contributed by atoms with van der Waals surface area (Å²) in [6, 6.07) is 6.30. The summed E-state index contributed by atoms with van der Waals surface area (Å²) in [5, 5.41) is 11.6. The second kappa shape index (κ2) is 7.81. The standard InChI is InChI=1S/C21H27N3O4/c25-19-6-4-17(20(26)22-19)15-3-5-18-16(12-15)2-1-9-24(18)13-14-7-10-23(11-8-14)21(27)28/h3,5,12,14,17H,1-2,4,6-11,13H2,(H,27,28)(H,22,25,26). The zero-order valence-corrected chi connectivity index (χ0v) is 16.0. The van der Waals surface area contributed by atoms with E-state index in [1.807, 2.05) is 6.07 Å². The van der Waals surface area contributed by atoms with Crippen molar-refractivity contribution in [1.29, 1.82) is 0 Å². The molecule has 1 unspecified atom stereocenters. The number of benzene rings is 1. The molecule has 4 rings (SSSR count). The number of carbonyl (C=O) groups excluding carboxylic acids is 2. The van der Waals surface area contributed by atoms with E-state index in [9.17, 15) is 14.4 Å². The van der Waals surface area contributed by atoms with E-state index in [1.165, 1.54) is 16.2 Å². The highest BCUT2D eigenvalue weighted by Crippen LogP contribution is 2.34. The molecule has 0 aliphatic carbocycles. The number of anilines is 1. The summed E-state index contributed by atoms with van der Waals surface area (Å²) in [4.78, 5) is 38.6. The molecule has 3 aliphatic heterocycles. The molecule has 1 aromatic carbocycles. The summed E-state index contributed by atoms with van der Waals surface area (Å²) in [5.41, 5.74) is 3.51. The Morgan fingerprint density at radius 1 is 1.11 bits per heavy atom. The highest BCUT2D eigenvalue weighted by molar-refractivity contribution is 6.01. The maximum Gasteiger partial charge on any atom is 0.407 e. The summed E-state index contributed by atoms with van der Waals surface area (Å²) in [6.45, 7) is 3.21. The van der Waals surface area contributed by atoms with Crippen LogP contribution < -0.4 is 10.2 Å². The van der Waals surface area contributed by atoms with Crippen LogP contribution in [0, 0.1) is 5.92 Å². The Morgan fingerprint density at radius 2 is 1.89 bits per heavy atom. The molecule has 2 N–H and O–H groups in total. The molecule has 7 nitrogen and oxygen atoms in total. The monoisotopic (exact) mass is 385 g/mol. The predicted molar refractivity (Wildman–Crippen MR) is 104 cm³/mol. The average molecular weight is 385 g/mol. The topological polar surface area (TPSA) is 90.0 Å². The number of rotatable bonds is 3. The number of imide groups is 1. The molecule has 0 spiro atoms. The second-order valence-electron chi connectivity index (χ2n) is 8.15. The molecular formula is C21H27N3O4. The van der Waals surface area contributed by atoms with E-state index >= 15 is 0 Å². The molecule has 2 fully saturated rings. The van der Waals surface area contributed by atoms with Gasteiger partial charge in [0, 0.05) is 38.3 Å². The third-order valence-electron chi connectivity index (χ3n) is 6.32. The number of nitrogens with one attached hydrogen (secondary N) is 1. The van der Waals surface area contributed by atoms with Crippen molar-refractivity contribution in [1.82, 2.24) is 10.2 Å². The Bertz CT molecular complexity index is 786. The molecule has 150 valence electrons. The van der Waals surface area contributed by atoms with E-state index in [1.54, 1.807) is 0 Å². The van der Waals surface area contributed by atoms with Crippen LogP contribution in [0.1, 0.15) is 49.1 Å². The lowest BCUT2D eigenvalue weighted by atomic mass is 9.87. The van der Waals surface area contributed by atoms with E-state index in [0.717, 1.165) is 44.3 Å². The third-order valence-corrected chi connectivity index (χ3v) is 6.32. The van der Waals surface area contributed by atoms with E-state index in [-0.39, 0.29) is 17.7 Å². The maximum absolute atomic E-state index is 12.2. The van der Waals surface area contributed by atoms with Gasteiger partial charge in [0.1, 0.15) is 0 Å². The van der Waals surface area contributed by atoms with Crippen LogP contribution in [0.15, 0.2) is 18.2 Å². The summed E-state index contributed by atoms with van der Waals surface area (Å²) < 4.78 is 0. The van der Waals surface area contributed by atoms with Crippen molar-refractivity contribution in [3.8, 4) is 0 Å². The van der Waals surface area contributed by atoms with Crippen molar-refractivity contribution in [3.05, 3.63) is 29.3 Å². The summed E-state index contributed by atoms with van der Waals surface area (Å²) in [6.07, 6.45) is 4.07. The number of fused-ring (bicyclic) bond motifs is 1. The number of carbonyl (C=O) groups is 3. The van der Waals surface area contributed by atoms with Crippen LogP contribution >= 0.6 is 0 Å². The van der Waals surface area contributed by atoms with E-state index in [0.29, 0.717) is 31.8 Å². The van der Waals surface area contributed by atoms with Crippen molar-refractivity contribution < 1.29 is 19.5 Å². The molecule has 0 bridgehead atoms. The van der Waals surface area contributed by atoms with Gasteiger partial charge in [0.25, 0.3) is 0 Å². The molecule has 3 heterocycles. The van der Waals surface area contributed by atoms with Gasteiger partial charge < -0.3 is 14.9 Å². The van der Waals surface area contributed by atoms with Gasteiger partial charge in [0.2, 0.25) is 11.8 Å². The number of likely N-dealkylation sites (tertiary alicyclic amines) is 1. The minimum absolute atomic E-state index is 0.181. The fraction of sp³-hybridized carbons (Fsp3) is 0.571. The molecule has 1 aromatic rings. The normalized spacial score (nSPS) is 23.4. The minimum atomic E-state index is -0.817. The van der Waals surface area contributed by atoms with Crippen LogP contribution in [0.5, 0.6) is 0 Å². The predicted octanol–water partition coefficient (Wildman–Crippen LogP) is 2.35. The Balaban J connectivity index is 1.44. The molecule has 3 amide bonds. The van der Waals surface area contributed by atoms with Crippen molar-refractivity contribution in [3.63, 3.8) is 0 Å². The lowest BCUT2D eigenvalue weighted by molar-refractivity contribution is -0.134. The number of carboxylic acid groups (broad SMARTS) is 1. The Morgan fingerprint density at radius 3 is 2.61 bits per heavy atom. The number of hydrogen-bond acceptors (Lipinski definition) is 4. The van der Waals surface area contributed by atoms with E-state index < -0.39 is 6.09 Å². The minimum Gasteiger partial charge on any atom is -0.465 e. The molecule has 28 heavy (non-hydrogen) atoms. The first-order chi connectivity index (χ1) is 13.5. The summed E-state index contributed by atoms with van der Waals surface area (Å²) in [7, 11) is 0. The summed E-state index contributed by atoms with van der Waals surface area (Å²) in [5.74, 6) is -0.0940. The molecule has 7 heteroatoms. The van der Waals surface area contributed by atoms with Crippen LogP contribution in [0.25, 0.3) is 0 Å². The highest BCUT2D eigenvalue weighted by atomic mass is 16.4. The number of hydrogen-bond donors (Lipinski definition) is 2. The molecule has 2 saturated heterocycles. The molecule has 1 atom stereocenters. The van der Waals surface area contributed by atoms with Gasteiger partial charge in [-0.15, -0.1) is 0 Å². The van der Waals surface area contributed by atoms with Gasteiger partial charge in [-0.05, 0) is 55.2 Å². The van der Waals surface area contributed by atoms with Gasteiger partial charge in [-0.2, -0.15) is 0 Å². The Kier molecular flexibility index (Phi) is 5.24. The van der Waals surface area contributed by atoms with Gasteiger partial charge in [-0.1, -0.05) is 12.1 Å². The largest absolute Gasteiger partial charge is 0.465 e. The lowest BCUT2D eigenvalue weighted by Crippen LogP contribution is -2.42. The van der Waals surface area contributed by atoms with Crippen LogP contribution in [0.2, 0.25) is 0 Å². The van der Waals surface area contributed by atoms with Gasteiger partial charge in [-0.3, -0.25) is 14.9 Å². The first-order valence-electron chi connectivity index (χ1n) is 10.2. The number of piperidine rings is 2. The smallest absolute Gasteiger partial charge is 0.407 e. The van der Waals surface area contributed by atoms with Gasteiger partial charge >= 0.3 is 6.09 Å². The Labute approximate surface area is 164 Å². The maximum atomic E-state index is 12.2. The van der Waals surface area contributed by atoms with Gasteiger partial charge in [0.15, 0.2) is 0 Å². The van der Waals surface area contributed by atoms with Gasteiger partial charge in [0.05, 0.1) is 5.92 Å². The fourth-order valence-corrected chi connectivity index (χ4v) is 4.73. The average Bonchev–Trinajstić information content (AvgIpc) is 2.68. The van der Waals surface area contributed by atoms with Crippen molar-refractivity contribution in [2.45, 2.75) is 44.4 Å². The lowest BCUT2D eigenvalue weighted by Gasteiger charge is -2.37. The molecule has 0 saturated carbocycles. The molecule has 0 aromatic heterocycles. The Hall–Kier alpha value is -2.57. The van der Waals surface area contributed by atoms with Gasteiger partial charge in [-0.25, -0.2) is 4.79 Å². The van der Waals surface area contributed by atoms with E-state index in [2.05, 4.69) is 22.3 Å². The third kappa shape index (κ3) is 3.84. The number of aryl methyl sites for hydroxylation is 1. The van der Waals surface area contributed by atoms with Crippen LogP contribution in [0.3, 0.4) is 0 Å². The van der Waals surface area contributed by atoms with Crippen molar-refractivity contribution >= 4 is 23.6 Å². The SMILES string of the molecule is O=C1CCC(c2ccc3c(c2)CCCN3CC2CCN(C(=O)O)CC2)C(=O)N1. The molecule has 3 aliphatic rings. The zero-order chi connectivity index (χ0) is 19.7. The van der Waals surface area contributed by atoms with Crippen LogP contribution in [-0.2, 0) is 16.0 Å².